The van der Waals surface area contributed by atoms with Gasteiger partial charge in [0.1, 0.15) is 5.54 Å². The molecule has 1 N–H and O–H groups in total. The zero-order valence-corrected chi connectivity index (χ0v) is 8.10. The molecule has 0 atom stereocenters. The van der Waals surface area contributed by atoms with Crippen molar-refractivity contribution in [3.05, 3.63) is 10.4 Å². The molecule has 14 heavy (non-hydrogen) atoms. The molecule has 0 aliphatic heterocycles. The van der Waals surface area contributed by atoms with Crippen molar-refractivity contribution < 1.29 is 4.74 Å². The van der Waals surface area contributed by atoms with Crippen LogP contribution in [-0.4, -0.2) is 31.8 Å². The Morgan fingerprint density at radius 2 is 2.50 bits per heavy atom. The number of methoxy groups -OCH3 is 1. The van der Waals surface area contributed by atoms with Crippen LogP contribution in [0.25, 0.3) is 10.4 Å². The maximum Gasteiger partial charge on any atom is 0.111 e. The molecule has 0 aromatic heterocycles. The lowest BCUT2D eigenvalue weighted by Crippen LogP contribution is -2.57. The molecule has 6 heteroatoms. The number of nitrogens with one attached hydrogen (secondary N) is 1. The van der Waals surface area contributed by atoms with Gasteiger partial charge in [0, 0.05) is 38.0 Å². The second-order valence-corrected chi connectivity index (χ2v) is 3.34. The third kappa shape index (κ3) is 2.36. The summed E-state index contributed by atoms with van der Waals surface area (Å²) in [5, 5.41) is 15.4. The Balaban J connectivity index is 2.28. The Morgan fingerprint density at radius 1 is 1.79 bits per heavy atom. The normalized spacial score (nSPS) is 29.9. The van der Waals surface area contributed by atoms with Crippen molar-refractivity contribution in [3.8, 4) is 6.07 Å². The highest BCUT2D eigenvalue weighted by molar-refractivity contribution is 5.16. The van der Waals surface area contributed by atoms with E-state index < -0.39 is 5.54 Å². The van der Waals surface area contributed by atoms with Gasteiger partial charge in [-0.15, -0.1) is 0 Å². The summed E-state index contributed by atoms with van der Waals surface area (Å²) in [6.07, 6.45) is 1.59. The van der Waals surface area contributed by atoms with Crippen molar-refractivity contribution in [2.75, 3.05) is 20.2 Å². The van der Waals surface area contributed by atoms with E-state index in [2.05, 4.69) is 21.4 Å². The standard InChI is InChI=1S/C8H13N5O/c1-14-7-4-8(5-7,6-9)11-2-3-12-13-10/h7,11H,2-5H2,1H3. The molecule has 6 nitrogen and oxygen atoms in total. The first-order valence-corrected chi connectivity index (χ1v) is 4.46. The summed E-state index contributed by atoms with van der Waals surface area (Å²) in [5.41, 5.74) is 7.58. The second-order valence-electron chi connectivity index (χ2n) is 3.34. The number of hydrogen-bond donors (Lipinski definition) is 1. The van der Waals surface area contributed by atoms with Crippen LogP contribution in [0, 0.1) is 11.3 Å². The van der Waals surface area contributed by atoms with Crippen molar-refractivity contribution in [2.24, 2.45) is 5.11 Å². The smallest absolute Gasteiger partial charge is 0.111 e. The lowest BCUT2D eigenvalue weighted by Gasteiger charge is -2.42. The first-order valence-electron chi connectivity index (χ1n) is 4.46. The van der Waals surface area contributed by atoms with Crippen LogP contribution in [0.15, 0.2) is 5.11 Å². The molecule has 0 bridgehead atoms. The van der Waals surface area contributed by atoms with Crippen LogP contribution in [0.3, 0.4) is 0 Å². The van der Waals surface area contributed by atoms with E-state index in [1.807, 2.05) is 0 Å². The van der Waals surface area contributed by atoms with Crippen molar-refractivity contribution >= 4 is 0 Å². The number of nitrogens with zero attached hydrogens (tertiary/aromatic N) is 4. The molecule has 1 aliphatic rings. The van der Waals surface area contributed by atoms with Crippen molar-refractivity contribution in [2.45, 2.75) is 24.5 Å². The van der Waals surface area contributed by atoms with Crippen LogP contribution in [0.4, 0.5) is 0 Å². The molecule has 0 aromatic rings. The van der Waals surface area contributed by atoms with Gasteiger partial charge in [0.15, 0.2) is 0 Å². The molecule has 0 aromatic carbocycles. The van der Waals surface area contributed by atoms with Gasteiger partial charge in [-0.05, 0) is 5.53 Å². The highest BCUT2D eigenvalue weighted by atomic mass is 16.5. The molecule has 76 valence electrons. The number of hydrogen-bond acceptors (Lipinski definition) is 4. The zero-order valence-electron chi connectivity index (χ0n) is 8.10. The number of azide groups is 1. The summed E-state index contributed by atoms with van der Waals surface area (Å²) < 4.78 is 5.10. The molecule has 0 radical (unpaired) electrons. The summed E-state index contributed by atoms with van der Waals surface area (Å²) in [7, 11) is 1.64. The monoisotopic (exact) mass is 195 g/mol. The maximum atomic E-state index is 8.93. The zero-order chi connectivity index (χ0) is 10.4. The van der Waals surface area contributed by atoms with E-state index in [0.717, 1.165) is 0 Å². The minimum atomic E-state index is -0.467. The minimum absolute atomic E-state index is 0.182. The van der Waals surface area contributed by atoms with Crippen LogP contribution in [0.2, 0.25) is 0 Å². The topological polar surface area (TPSA) is 93.8 Å². The van der Waals surface area contributed by atoms with E-state index in [0.29, 0.717) is 25.9 Å². The van der Waals surface area contributed by atoms with Gasteiger partial charge in [-0.2, -0.15) is 5.26 Å². The molecule has 1 aliphatic carbocycles. The fraction of sp³-hybridized carbons (Fsp3) is 0.875. The average molecular weight is 195 g/mol. The number of nitriles is 1. The molecule has 0 heterocycles. The van der Waals surface area contributed by atoms with Gasteiger partial charge in [0.2, 0.25) is 0 Å². The fourth-order valence-corrected chi connectivity index (χ4v) is 1.55. The van der Waals surface area contributed by atoms with Gasteiger partial charge in [-0.25, -0.2) is 0 Å². The summed E-state index contributed by atoms with van der Waals surface area (Å²) in [6.45, 7) is 0.908. The summed E-state index contributed by atoms with van der Waals surface area (Å²) >= 11 is 0. The Kier molecular flexibility index (Phi) is 3.72. The summed E-state index contributed by atoms with van der Waals surface area (Å²) in [5.74, 6) is 0. The lowest BCUT2D eigenvalue weighted by atomic mass is 9.75. The molecule has 1 saturated carbocycles. The van der Waals surface area contributed by atoms with Crippen molar-refractivity contribution in [1.29, 1.82) is 5.26 Å². The van der Waals surface area contributed by atoms with Gasteiger partial charge < -0.3 is 4.74 Å². The molecule has 1 fully saturated rings. The van der Waals surface area contributed by atoms with Gasteiger partial charge in [0.05, 0.1) is 12.2 Å². The fourth-order valence-electron chi connectivity index (χ4n) is 1.55. The van der Waals surface area contributed by atoms with Crippen LogP contribution in [0.1, 0.15) is 12.8 Å². The molecule has 0 amide bonds. The number of rotatable bonds is 5. The maximum absolute atomic E-state index is 8.93. The van der Waals surface area contributed by atoms with E-state index in [-0.39, 0.29) is 6.10 Å². The SMILES string of the molecule is COC1CC(C#N)(NCCN=[N+]=[N-])C1. The first-order chi connectivity index (χ1) is 6.76. The Morgan fingerprint density at radius 3 is 3.00 bits per heavy atom. The average Bonchev–Trinajstić information content (AvgIpc) is 2.16. The molecular formula is C8H13N5O. The Hall–Kier alpha value is -1.28. The van der Waals surface area contributed by atoms with E-state index in [1.54, 1.807) is 7.11 Å². The van der Waals surface area contributed by atoms with Gasteiger partial charge >= 0.3 is 0 Å². The van der Waals surface area contributed by atoms with E-state index >= 15 is 0 Å². The minimum Gasteiger partial charge on any atom is -0.381 e. The van der Waals surface area contributed by atoms with Crippen molar-refractivity contribution in [1.82, 2.24) is 5.32 Å². The van der Waals surface area contributed by atoms with Gasteiger partial charge in [-0.3, -0.25) is 5.32 Å². The third-order valence-corrected chi connectivity index (χ3v) is 2.44. The Labute approximate surface area is 82.5 Å². The molecule has 0 spiro atoms. The Bertz CT molecular complexity index is 272. The summed E-state index contributed by atoms with van der Waals surface area (Å²) in [4.78, 5) is 2.63. The van der Waals surface area contributed by atoms with Gasteiger partial charge in [0.25, 0.3) is 0 Å². The number of ether oxygens (including phenoxy) is 1. The molecule has 0 saturated heterocycles. The van der Waals surface area contributed by atoms with E-state index in [4.69, 9.17) is 15.5 Å². The van der Waals surface area contributed by atoms with E-state index in [1.165, 1.54) is 0 Å². The third-order valence-electron chi connectivity index (χ3n) is 2.44. The van der Waals surface area contributed by atoms with Gasteiger partial charge in [-0.1, -0.05) is 5.11 Å². The quantitative estimate of drug-likeness (QED) is 0.306. The summed E-state index contributed by atoms with van der Waals surface area (Å²) in [6, 6.07) is 2.23. The van der Waals surface area contributed by atoms with E-state index in [9.17, 15) is 0 Å². The van der Waals surface area contributed by atoms with Crippen LogP contribution in [-0.2, 0) is 4.74 Å². The molecule has 0 unspecified atom stereocenters. The van der Waals surface area contributed by atoms with Crippen LogP contribution >= 0.6 is 0 Å². The van der Waals surface area contributed by atoms with Crippen LogP contribution in [0.5, 0.6) is 0 Å². The second kappa shape index (κ2) is 4.82. The predicted molar refractivity (Wildman–Crippen MR) is 50.4 cm³/mol. The first kappa shape index (κ1) is 10.8. The van der Waals surface area contributed by atoms with Crippen LogP contribution < -0.4 is 5.32 Å². The highest BCUT2D eigenvalue weighted by Crippen LogP contribution is 2.33. The lowest BCUT2D eigenvalue weighted by molar-refractivity contribution is -0.00712. The largest absolute Gasteiger partial charge is 0.381 e. The molecule has 1 rings (SSSR count). The predicted octanol–water partition coefficient (Wildman–Crippen LogP) is 0.957. The molecular weight excluding hydrogens is 182 g/mol. The highest BCUT2D eigenvalue weighted by Gasteiger charge is 2.44. The van der Waals surface area contributed by atoms with Crippen molar-refractivity contribution in [3.63, 3.8) is 0 Å².